The van der Waals surface area contributed by atoms with Crippen molar-refractivity contribution < 1.29 is 32.5 Å². The highest BCUT2D eigenvalue weighted by atomic mass is 19.2. The standard InChI is InChI=1S/C25H30F2N2O5/c1-13-14(2)33-22(19(13)16-7-8-17(26)20(27)21(16)31-6)23(30)29-15-9-10-28-18(11-15)25(5)12-32-24(3,4)34-25/h7-11,13-14,19,22H,12H2,1-6H3,(H,28,29,30)/t13-,14-,19+,22-,25+/m1/s1. The zero-order chi connectivity index (χ0) is 24.8. The Hall–Kier alpha value is -2.62. The van der Waals surface area contributed by atoms with Crippen molar-refractivity contribution in [2.45, 2.75) is 64.1 Å². The van der Waals surface area contributed by atoms with Crippen molar-refractivity contribution in [3.8, 4) is 5.75 Å². The molecule has 2 saturated heterocycles. The first-order chi connectivity index (χ1) is 16.0. The molecule has 1 amide bonds. The lowest BCUT2D eigenvalue weighted by Gasteiger charge is -2.25. The van der Waals surface area contributed by atoms with Gasteiger partial charge in [0.1, 0.15) is 11.7 Å². The molecule has 1 aromatic carbocycles. The van der Waals surface area contributed by atoms with Gasteiger partial charge in [-0.05, 0) is 51.8 Å². The second-order valence-corrected chi connectivity index (χ2v) is 9.57. The molecule has 0 bridgehead atoms. The zero-order valence-corrected chi connectivity index (χ0v) is 20.1. The largest absolute Gasteiger partial charge is 0.493 e. The van der Waals surface area contributed by atoms with Gasteiger partial charge >= 0.3 is 0 Å². The lowest BCUT2D eigenvalue weighted by molar-refractivity contribution is -0.160. The Kier molecular flexibility index (Phi) is 6.39. The maximum absolute atomic E-state index is 14.4. The van der Waals surface area contributed by atoms with E-state index in [1.54, 1.807) is 18.3 Å². The van der Waals surface area contributed by atoms with Crippen LogP contribution >= 0.6 is 0 Å². The summed E-state index contributed by atoms with van der Waals surface area (Å²) >= 11 is 0. The van der Waals surface area contributed by atoms with Gasteiger partial charge < -0.3 is 24.3 Å². The number of benzene rings is 1. The van der Waals surface area contributed by atoms with Crippen molar-refractivity contribution in [1.82, 2.24) is 4.98 Å². The molecule has 2 aliphatic heterocycles. The number of methoxy groups -OCH3 is 1. The van der Waals surface area contributed by atoms with Crippen LogP contribution in [0, 0.1) is 17.6 Å². The van der Waals surface area contributed by atoms with Gasteiger partial charge in [-0.2, -0.15) is 4.39 Å². The van der Waals surface area contributed by atoms with Gasteiger partial charge in [0.15, 0.2) is 17.4 Å². The van der Waals surface area contributed by atoms with Crippen molar-refractivity contribution in [2.24, 2.45) is 5.92 Å². The fourth-order valence-electron chi connectivity index (χ4n) is 4.75. The Morgan fingerprint density at radius 2 is 1.94 bits per heavy atom. The third-order valence-corrected chi connectivity index (χ3v) is 6.63. The summed E-state index contributed by atoms with van der Waals surface area (Å²) in [5.41, 5.74) is 0.749. The van der Waals surface area contributed by atoms with Gasteiger partial charge in [-0.3, -0.25) is 9.78 Å². The van der Waals surface area contributed by atoms with Crippen LogP contribution in [0.25, 0.3) is 0 Å². The molecule has 0 unspecified atom stereocenters. The van der Waals surface area contributed by atoms with Crippen molar-refractivity contribution in [1.29, 1.82) is 0 Å². The van der Waals surface area contributed by atoms with Crippen molar-refractivity contribution in [3.63, 3.8) is 0 Å². The summed E-state index contributed by atoms with van der Waals surface area (Å²) in [6, 6.07) is 5.89. The quantitative estimate of drug-likeness (QED) is 0.684. The molecule has 7 nitrogen and oxygen atoms in total. The van der Waals surface area contributed by atoms with E-state index in [2.05, 4.69) is 10.3 Å². The molecular weight excluding hydrogens is 446 g/mol. The molecule has 3 heterocycles. The first kappa shape index (κ1) is 24.5. The van der Waals surface area contributed by atoms with Gasteiger partial charge in [-0.1, -0.05) is 13.0 Å². The number of halogens is 2. The number of hydrogen-bond donors (Lipinski definition) is 1. The number of hydrogen-bond acceptors (Lipinski definition) is 6. The SMILES string of the molecule is COc1c([C@@H]2[C@H](C)[C@@H](C)O[C@H]2C(=O)Nc2ccnc([C@]3(C)COC(C)(C)O3)c2)ccc(F)c1F. The molecule has 0 saturated carbocycles. The molecule has 5 atom stereocenters. The second-order valence-electron chi connectivity index (χ2n) is 9.57. The third kappa shape index (κ3) is 4.39. The molecule has 1 N–H and O–H groups in total. The minimum Gasteiger partial charge on any atom is -0.493 e. The maximum atomic E-state index is 14.4. The van der Waals surface area contributed by atoms with Crippen LogP contribution in [0.1, 0.15) is 51.8 Å². The Bertz CT molecular complexity index is 1090. The van der Waals surface area contributed by atoms with Crippen LogP contribution in [0.5, 0.6) is 5.75 Å². The average Bonchev–Trinajstić information content (AvgIpc) is 3.25. The average molecular weight is 477 g/mol. The number of carbonyl (C=O) groups is 1. The molecule has 9 heteroatoms. The molecule has 0 radical (unpaired) electrons. The summed E-state index contributed by atoms with van der Waals surface area (Å²) in [6.07, 6.45) is 0.374. The Morgan fingerprint density at radius 3 is 2.59 bits per heavy atom. The van der Waals surface area contributed by atoms with E-state index in [0.29, 0.717) is 23.6 Å². The molecule has 0 spiro atoms. The van der Waals surface area contributed by atoms with Gasteiger partial charge in [0, 0.05) is 23.4 Å². The summed E-state index contributed by atoms with van der Waals surface area (Å²) in [5.74, 6) is -4.14. The summed E-state index contributed by atoms with van der Waals surface area (Å²) < 4.78 is 51.1. The molecular formula is C25H30F2N2O5. The van der Waals surface area contributed by atoms with E-state index in [1.165, 1.54) is 13.2 Å². The predicted molar refractivity (Wildman–Crippen MR) is 120 cm³/mol. The fourth-order valence-corrected chi connectivity index (χ4v) is 4.75. The number of nitrogens with zero attached hydrogens (tertiary/aromatic N) is 1. The number of nitrogens with one attached hydrogen (secondary N) is 1. The Labute approximate surface area is 197 Å². The molecule has 2 aromatic rings. The number of anilines is 1. The number of aromatic nitrogens is 1. The van der Waals surface area contributed by atoms with Gasteiger partial charge in [0.25, 0.3) is 5.91 Å². The Balaban J connectivity index is 1.60. The van der Waals surface area contributed by atoms with E-state index in [-0.39, 0.29) is 17.8 Å². The lowest BCUT2D eigenvalue weighted by atomic mass is 9.82. The molecule has 0 aliphatic carbocycles. The van der Waals surface area contributed by atoms with Gasteiger partial charge in [0.05, 0.1) is 25.5 Å². The minimum atomic E-state index is -1.08. The lowest BCUT2D eigenvalue weighted by Crippen LogP contribution is -2.33. The van der Waals surface area contributed by atoms with Gasteiger partial charge in [0.2, 0.25) is 5.82 Å². The fraction of sp³-hybridized carbons (Fsp3) is 0.520. The van der Waals surface area contributed by atoms with Crippen LogP contribution in [0.3, 0.4) is 0 Å². The topological polar surface area (TPSA) is 78.9 Å². The van der Waals surface area contributed by atoms with Gasteiger partial charge in [-0.25, -0.2) is 4.39 Å². The normalized spacial score (nSPS) is 30.4. The zero-order valence-electron chi connectivity index (χ0n) is 20.1. The summed E-state index contributed by atoms with van der Waals surface area (Å²) in [5, 5.41) is 2.88. The van der Waals surface area contributed by atoms with E-state index in [4.69, 9.17) is 18.9 Å². The summed E-state index contributed by atoms with van der Waals surface area (Å²) in [7, 11) is 1.27. The monoisotopic (exact) mass is 476 g/mol. The van der Waals surface area contributed by atoms with Crippen LogP contribution in [-0.4, -0.2) is 42.6 Å². The minimum absolute atomic E-state index is 0.146. The molecule has 1 aromatic heterocycles. The van der Waals surface area contributed by atoms with Crippen molar-refractivity contribution in [2.75, 3.05) is 19.0 Å². The first-order valence-corrected chi connectivity index (χ1v) is 11.2. The van der Waals surface area contributed by atoms with Crippen LogP contribution in [-0.2, 0) is 24.6 Å². The number of ether oxygens (including phenoxy) is 4. The van der Waals surface area contributed by atoms with Crippen LogP contribution in [0.4, 0.5) is 14.5 Å². The van der Waals surface area contributed by atoms with Gasteiger partial charge in [-0.15, -0.1) is 0 Å². The number of carbonyl (C=O) groups excluding carboxylic acids is 1. The van der Waals surface area contributed by atoms with Crippen LogP contribution < -0.4 is 10.1 Å². The van der Waals surface area contributed by atoms with Crippen molar-refractivity contribution >= 4 is 11.6 Å². The molecule has 2 aliphatic rings. The second kappa shape index (κ2) is 8.87. The predicted octanol–water partition coefficient (Wildman–Crippen LogP) is 4.51. The van der Waals surface area contributed by atoms with Crippen molar-refractivity contribution in [3.05, 3.63) is 53.4 Å². The highest BCUT2D eigenvalue weighted by Gasteiger charge is 2.47. The van der Waals surface area contributed by atoms with Crippen LogP contribution in [0.15, 0.2) is 30.5 Å². The smallest absolute Gasteiger partial charge is 0.254 e. The molecule has 34 heavy (non-hydrogen) atoms. The highest BCUT2D eigenvalue weighted by Crippen LogP contribution is 2.45. The number of amides is 1. The third-order valence-electron chi connectivity index (χ3n) is 6.63. The summed E-state index contributed by atoms with van der Waals surface area (Å²) in [4.78, 5) is 17.7. The summed E-state index contributed by atoms with van der Waals surface area (Å²) in [6.45, 7) is 9.62. The maximum Gasteiger partial charge on any atom is 0.254 e. The highest BCUT2D eigenvalue weighted by molar-refractivity contribution is 5.95. The first-order valence-electron chi connectivity index (χ1n) is 11.2. The van der Waals surface area contributed by atoms with Crippen LogP contribution in [0.2, 0.25) is 0 Å². The van der Waals surface area contributed by atoms with E-state index in [9.17, 15) is 13.6 Å². The van der Waals surface area contributed by atoms with E-state index < -0.39 is 41.0 Å². The number of pyridine rings is 1. The van der Waals surface area contributed by atoms with E-state index in [0.717, 1.165) is 6.07 Å². The van der Waals surface area contributed by atoms with E-state index in [1.807, 2.05) is 34.6 Å². The molecule has 2 fully saturated rings. The number of rotatable bonds is 5. The molecule has 184 valence electrons. The van der Waals surface area contributed by atoms with E-state index >= 15 is 0 Å². The molecule has 4 rings (SSSR count). The Morgan fingerprint density at radius 1 is 1.21 bits per heavy atom.